The quantitative estimate of drug-likeness (QED) is 0.557. The van der Waals surface area contributed by atoms with Crippen LogP contribution in [0.3, 0.4) is 0 Å². The van der Waals surface area contributed by atoms with Gasteiger partial charge in [0.05, 0.1) is 39.4 Å². The van der Waals surface area contributed by atoms with Crippen LogP contribution in [-0.4, -0.2) is 32.2 Å². The fraction of sp³-hybridized carbons (Fsp3) is 0.0833. The van der Waals surface area contributed by atoms with E-state index in [4.69, 9.17) is 5.41 Å². The minimum Gasteiger partial charge on any atom is -0.506 e. The summed E-state index contributed by atoms with van der Waals surface area (Å²) in [4.78, 5) is 26.2. The molecule has 3 aromatic rings. The molecule has 2 aliphatic rings. The summed E-state index contributed by atoms with van der Waals surface area (Å²) in [5.41, 5.74) is 2.14. The van der Waals surface area contributed by atoms with Crippen molar-refractivity contribution in [1.82, 2.24) is 9.78 Å². The van der Waals surface area contributed by atoms with Gasteiger partial charge in [-0.25, -0.2) is 9.69 Å². The van der Waals surface area contributed by atoms with Gasteiger partial charge >= 0.3 is 0 Å². The smallest absolute Gasteiger partial charge is 0.279 e. The largest absolute Gasteiger partial charge is 0.506 e. The number of hydrogen-bond donors (Lipinski definition) is 3. The number of aliphatic hydroxyl groups is 1. The number of rotatable bonds is 3. The van der Waals surface area contributed by atoms with Gasteiger partial charge in [0.25, 0.3) is 5.56 Å². The Morgan fingerprint density at radius 2 is 1.47 bits per heavy atom. The summed E-state index contributed by atoms with van der Waals surface area (Å²) < 4.78 is 1.34. The summed E-state index contributed by atoms with van der Waals surface area (Å²) in [5, 5.41) is 28.1. The van der Waals surface area contributed by atoms with Crippen LogP contribution in [0.2, 0.25) is 0 Å². The highest BCUT2D eigenvalue weighted by Gasteiger charge is 2.43. The van der Waals surface area contributed by atoms with Gasteiger partial charge < -0.3 is 5.11 Å². The van der Waals surface area contributed by atoms with E-state index in [0.29, 0.717) is 22.8 Å². The average Bonchev–Trinajstić information content (AvgIpc) is 3.26. The summed E-state index contributed by atoms with van der Waals surface area (Å²) in [6.45, 7) is 3.36. The Bertz CT molecular complexity index is 1440. The number of allylic oxidation sites excluding steroid dienone is 2. The Labute approximate surface area is 182 Å². The first kappa shape index (κ1) is 19.5. The second-order valence-electron chi connectivity index (χ2n) is 7.57. The Morgan fingerprint density at radius 3 is 2.06 bits per heavy atom. The van der Waals surface area contributed by atoms with Crippen LogP contribution in [0.25, 0.3) is 11.3 Å². The van der Waals surface area contributed by atoms with Crippen molar-refractivity contribution in [1.29, 1.82) is 5.41 Å². The zero-order chi connectivity index (χ0) is 22.6. The maximum atomic E-state index is 13.1. The second kappa shape index (κ2) is 7.05. The van der Waals surface area contributed by atoms with Gasteiger partial charge in [-0.2, -0.15) is 5.10 Å². The Hall–Kier alpha value is -4.46. The molecule has 8 heteroatoms. The number of hydrogen-bond acceptors (Lipinski definition) is 5. The number of aliphatic hydroxyl groups excluding tert-OH is 1. The maximum Gasteiger partial charge on any atom is 0.279 e. The number of carbonyl (C=O) groups is 1. The number of aromatic nitrogens is 2. The molecule has 158 valence electrons. The summed E-state index contributed by atoms with van der Waals surface area (Å²) >= 11 is 0. The van der Waals surface area contributed by atoms with Crippen LogP contribution in [-0.2, 0) is 4.79 Å². The number of H-pyrrole nitrogens is 1. The molecular weight excluding hydrogens is 406 g/mol. The van der Waals surface area contributed by atoms with Crippen molar-refractivity contribution < 1.29 is 9.90 Å². The highest BCUT2D eigenvalue weighted by molar-refractivity contribution is 6.45. The van der Waals surface area contributed by atoms with Gasteiger partial charge in [-0.15, -0.1) is 0 Å². The first-order chi connectivity index (χ1) is 15.4. The van der Waals surface area contributed by atoms with Gasteiger partial charge in [0.1, 0.15) is 5.76 Å². The predicted octanol–water partition coefficient (Wildman–Crippen LogP) is 3.50. The van der Waals surface area contributed by atoms with Crippen molar-refractivity contribution in [3.05, 3.63) is 99.2 Å². The SMILES string of the molecule is CC1=NN(c2ccccc2)C(=N)C1=C1C(=O)C(c2c(C)[nH]n(-c3ccccc3)c2=O)=C1O. The molecule has 0 unspecified atom stereocenters. The summed E-state index contributed by atoms with van der Waals surface area (Å²) in [7, 11) is 0. The Kier molecular flexibility index (Phi) is 4.30. The fourth-order valence-corrected chi connectivity index (χ4v) is 4.05. The third kappa shape index (κ3) is 2.70. The van der Waals surface area contributed by atoms with E-state index in [2.05, 4.69) is 10.2 Å². The highest BCUT2D eigenvalue weighted by atomic mass is 16.3. The molecule has 1 aromatic heterocycles. The predicted molar refractivity (Wildman–Crippen MR) is 122 cm³/mol. The van der Waals surface area contributed by atoms with Crippen molar-refractivity contribution in [3.63, 3.8) is 0 Å². The van der Waals surface area contributed by atoms with Crippen LogP contribution < -0.4 is 10.6 Å². The number of anilines is 1. The standard InChI is InChI=1S/C24H19N5O3/c1-13-17(23(25)28(26-13)15-9-5-3-6-10-15)19-21(30)20(22(19)31)18-14(2)27-29(24(18)32)16-11-7-4-8-12-16/h3-12,25,27,30H,1-2H3. The van der Waals surface area contributed by atoms with Crippen LogP contribution in [0.4, 0.5) is 5.69 Å². The Morgan fingerprint density at radius 1 is 0.875 bits per heavy atom. The molecule has 5 rings (SSSR count). The van der Waals surface area contributed by atoms with E-state index < -0.39 is 11.3 Å². The molecule has 0 fully saturated rings. The fourth-order valence-electron chi connectivity index (χ4n) is 4.05. The van der Waals surface area contributed by atoms with E-state index in [1.165, 1.54) is 9.69 Å². The topological polar surface area (TPSA) is 115 Å². The third-order valence-corrected chi connectivity index (χ3v) is 5.57. The van der Waals surface area contributed by atoms with Gasteiger partial charge in [-0.05, 0) is 38.1 Å². The summed E-state index contributed by atoms with van der Waals surface area (Å²) in [6, 6.07) is 18.1. The Balaban J connectivity index is 1.60. The number of nitrogens with zero attached hydrogens (tertiary/aromatic N) is 3. The number of para-hydroxylation sites is 2. The molecule has 0 spiro atoms. The van der Waals surface area contributed by atoms with Gasteiger partial charge in [0.2, 0.25) is 5.78 Å². The van der Waals surface area contributed by atoms with Gasteiger partial charge in [-0.3, -0.25) is 20.1 Å². The monoisotopic (exact) mass is 425 g/mol. The summed E-state index contributed by atoms with van der Waals surface area (Å²) in [6.07, 6.45) is 0. The molecule has 0 saturated carbocycles. The number of amidine groups is 1. The lowest BCUT2D eigenvalue weighted by molar-refractivity contribution is -0.111. The molecule has 1 aliphatic carbocycles. The molecule has 0 bridgehead atoms. The highest BCUT2D eigenvalue weighted by Crippen LogP contribution is 2.40. The molecule has 32 heavy (non-hydrogen) atoms. The normalized spacial score (nSPS) is 18.3. The second-order valence-corrected chi connectivity index (χ2v) is 7.57. The van der Waals surface area contributed by atoms with Gasteiger partial charge in [0.15, 0.2) is 5.84 Å². The van der Waals surface area contributed by atoms with Crippen molar-refractivity contribution in [2.24, 2.45) is 5.10 Å². The lowest BCUT2D eigenvalue weighted by Gasteiger charge is -2.23. The minimum atomic E-state index is -0.480. The zero-order valence-corrected chi connectivity index (χ0v) is 17.4. The number of benzene rings is 2. The van der Waals surface area contributed by atoms with E-state index in [-0.39, 0.29) is 33.9 Å². The molecule has 0 saturated heterocycles. The number of ketones is 1. The molecule has 0 amide bonds. The third-order valence-electron chi connectivity index (χ3n) is 5.57. The van der Waals surface area contributed by atoms with E-state index in [9.17, 15) is 14.7 Å². The maximum absolute atomic E-state index is 13.1. The van der Waals surface area contributed by atoms with Crippen molar-refractivity contribution in [2.75, 3.05) is 5.01 Å². The van der Waals surface area contributed by atoms with E-state index in [1.807, 2.05) is 24.3 Å². The van der Waals surface area contributed by atoms with Crippen molar-refractivity contribution in [3.8, 4) is 5.69 Å². The van der Waals surface area contributed by atoms with Crippen LogP contribution >= 0.6 is 0 Å². The molecular formula is C24H19N5O3. The van der Waals surface area contributed by atoms with Crippen molar-refractivity contribution >= 4 is 28.6 Å². The number of aromatic amines is 1. The lowest BCUT2D eigenvalue weighted by atomic mass is 9.80. The minimum absolute atomic E-state index is 0.00450. The van der Waals surface area contributed by atoms with Crippen LogP contribution in [0.15, 0.2) is 87.5 Å². The van der Waals surface area contributed by atoms with E-state index in [1.54, 1.807) is 50.2 Å². The molecule has 2 aromatic carbocycles. The lowest BCUT2D eigenvalue weighted by Crippen LogP contribution is -2.31. The molecule has 0 atom stereocenters. The number of aryl methyl sites for hydroxylation is 1. The molecule has 1 aliphatic heterocycles. The molecule has 3 N–H and O–H groups in total. The van der Waals surface area contributed by atoms with Crippen molar-refractivity contribution in [2.45, 2.75) is 13.8 Å². The molecule has 8 nitrogen and oxygen atoms in total. The van der Waals surface area contributed by atoms with Gasteiger partial charge in [0, 0.05) is 5.69 Å². The number of carbonyl (C=O) groups excluding carboxylic acids is 1. The van der Waals surface area contributed by atoms with E-state index >= 15 is 0 Å². The average molecular weight is 425 g/mol. The van der Waals surface area contributed by atoms with Crippen LogP contribution in [0.5, 0.6) is 0 Å². The number of Topliss-reactive ketones (excluding diaryl/α,β-unsaturated/α-hetero) is 1. The molecule has 0 radical (unpaired) electrons. The zero-order valence-electron chi connectivity index (χ0n) is 17.4. The van der Waals surface area contributed by atoms with Gasteiger partial charge in [-0.1, -0.05) is 36.4 Å². The number of hydrazone groups is 1. The first-order valence-corrected chi connectivity index (χ1v) is 9.99. The van der Waals surface area contributed by atoms with Crippen LogP contribution in [0, 0.1) is 12.3 Å². The summed E-state index contributed by atoms with van der Waals surface area (Å²) in [5.74, 6) is -0.778. The first-order valence-electron chi connectivity index (χ1n) is 9.99. The molecule has 2 heterocycles. The van der Waals surface area contributed by atoms with E-state index in [0.717, 1.165) is 0 Å². The number of nitrogens with one attached hydrogen (secondary N) is 2. The van der Waals surface area contributed by atoms with Crippen LogP contribution in [0.1, 0.15) is 18.2 Å².